The van der Waals surface area contributed by atoms with E-state index in [0.29, 0.717) is 6.32 Å². The summed E-state index contributed by atoms with van der Waals surface area (Å²) in [7, 11) is 5.50. The van der Waals surface area contributed by atoms with E-state index in [4.69, 9.17) is 7.85 Å². The van der Waals surface area contributed by atoms with Crippen molar-refractivity contribution in [2.24, 2.45) is 5.92 Å². The Bertz CT molecular complexity index is 223. The second-order valence-corrected chi connectivity index (χ2v) is 3.62. The van der Waals surface area contributed by atoms with Gasteiger partial charge in [0.2, 0.25) is 0 Å². The number of hydrogen-bond donors (Lipinski definition) is 0. The van der Waals surface area contributed by atoms with E-state index < -0.39 is 0 Å². The Morgan fingerprint density at radius 2 is 1.58 bits per heavy atom. The molecule has 0 aliphatic rings. The van der Waals surface area contributed by atoms with Crippen LogP contribution in [-0.4, -0.2) is 7.85 Å². The van der Waals surface area contributed by atoms with Crippen LogP contribution in [-0.2, 0) is 12.7 Å². The lowest BCUT2D eigenvalue weighted by atomic mass is 9.95. The molecule has 62 valence electrons. The highest BCUT2D eigenvalue weighted by atomic mass is 14.0. The maximum atomic E-state index is 5.50. The molecule has 0 aliphatic heterocycles. The van der Waals surface area contributed by atoms with E-state index in [1.54, 1.807) is 0 Å². The van der Waals surface area contributed by atoms with E-state index in [0.717, 1.165) is 12.3 Å². The highest BCUT2D eigenvalue weighted by Crippen LogP contribution is 2.09. The van der Waals surface area contributed by atoms with Crippen LogP contribution < -0.4 is 0 Å². The molecule has 0 spiro atoms. The Morgan fingerprint density at radius 3 is 2.00 bits per heavy atom. The van der Waals surface area contributed by atoms with Gasteiger partial charge in [0.25, 0.3) is 0 Å². The van der Waals surface area contributed by atoms with Crippen LogP contribution in [0.3, 0.4) is 0 Å². The van der Waals surface area contributed by atoms with Crippen LogP contribution in [0.15, 0.2) is 24.3 Å². The second kappa shape index (κ2) is 4.35. The topological polar surface area (TPSA) is 0 Å². The van der Waals surface area contributed by atoms with Crippen LogP contribution in [0.25, 0.3) is 0 Å². The molecule has 0 bridgehead atoms. The first-order valence-electron chi connectivity index (χ1n) is 4.50. The van der Waals surface area contributed by atoms with Gasteiger partial charge in [-0.2, -0.15) is 0 Å². The predicted molar refractivity (Wildman–Crippen MR) is 54.4 cm³/mol. The minimum absolute atomic E-state index is 0.641. The van der Waals surface area contributed by atoms with Crippen LogP contribution in [0.1, 0.15) is 25.0 Å². The third kappa shape index (κ3) is 2.73. The lowest BCUT2D eigenvalue weighted by molar-refractivity contribution is 0.647. The third-order valence-electron chi connectivity index (χ3n) is 1.90. The SMILES string of the molecule is [B]Cc1ccc(CC(C)C)cc1. The molecular formula is C11H15B. The van der Waals surface area contributed by atoms with Gasteiger partial charge in [-0.3, -0.25) is 0 Å². The van der Waals surface area contributed by atoms with Crippen LogP contribution in [0.5, 0.6) is 0 Å². The van der Waals surface area contributed by atoms with Gasteiger partial charge in [-0.05, 0) is 17.9 Å². The van der Waals surface area contributed by atoms with Crippen molar-refractivity contribution in [3.8, 4) is 0 Å². The minimum atomic E-state index is 0.641. The van der Waals surface area contributed by atoms with Gasteiger partial charge in [-0.1, -0.05) is 50.0 Å². The molecule has 12 heavy (non-hydrogen) atoms. The molecule has 0 atom stereocenters. The average molecular weight is 158 g/mol. The molecule has 0 aliphatic carbocycles. The van der Waals surface area contributed by atoms with E-state index in [1.807, 2.05) is 0 Å². The minimum Gasteiger partial charge on any atom is -0.0643 e. The normalized spacial score (nSPS) is 10.6. The predicted octanol–water partition coefficient (Wildman–Crippen LogP) is 2.55. The fraction of sp³-hybridized carbons (Fsp3) is 0.455. The Kier molecular flexibility index (Phi) is 3.39. The van der Waals surface area contributed by atoms with Crippen molar-refractivity contribution in [3.63, 3.8) is 0 Å². The Labute approximate surface area is 76.4 Å². The summed E-state index contributed by atoms with van der Waals surface area (Å²) < 4.78 is 0. The molecule has 0 unspecified atom stereocenters. The second-order valence-electron chi connectivity index (χ2n) is 3.62. The van der Waals surface area contributed by atoms with E-state index in [9.17, 15) is 0 Å². The van der Waals surface area contributed by atoms with Gasteiger partial charge < -0.3 is 0 Å². The fourth-order valence-corrected chi connectivity index (χ4v) is 1.28. The summed E-state index contributed by atoms with van der Waals surface area (Å²) in [5.74, 6) is 0.730. The first-order chi connectivity index (χ1) is 5.72. The molecule has 0 aromatic heterocycles. The van der Waals surface area contributed by atoms with Crippen molar-refractivity contribution in [1.29, 1.82) is 0 Å². The summed E-state index contributed by atoms with van der Waals surface area (Å²) in [6.45, 7) is 4.47. The summed E-state index contributed by atoms with van der Waals surface area (Å²) in [6.07, 6.45) is 1.80. The van der Waals surface area contributed by atoms with Crippen LogP contribution >= 0.6 is 0 Å². The summed E-state index contributed by atoms with van der Waals surface area (Å²) in [4.78, 5) is 0. The zero-order valence-electron chi connectivity index (χ0n) is 7.88. The largest absolute Gasteiger partial charge is 0.0716 e. The summed E-state index contributed by atoms with van der Waals surface area (Å²) in [5.41, 5.74) is 2.62. The summed E-state index contributed by atoms with van der Waals surface area (Å²) in [6, 6.07) is 8.56. The molecule has 1 heteroatoms. The lowest BCUT2D eigenvalue weighted by Crippen LogP contribution is -1.94. The first-order valence-corrected chi connectivity index (χ1v) is 4.50. The zero-order chi connectivity index (χ0) is 8.97. The molecule has 0 amide bonds. The van der Waals surface area contributed by atoms with Crippen molar-refractivity contribution in [2.45, 2.75) is 26.6 Å². The Balaban J connectivity index is 2.65. The van der Waals surface area contributed by atoms with Gasteiger partial charge in [0.1, 0.15) is 0 Å². The van der Waals surface area contributed by atoms with Crippen LogP contribution in [0.2, 0.25) is 0 Å². The number of benzene rings is 1. The molecular weight excluding hydrogens is 143 g/mol. The van der Waals surface area contributed by atoms with Crippen molar-refractivity contribution in [1.82, 2.24) is 0 Å². The quantitative estimate of drug-likeness (QED) is 0.593. The molecule has 0 fully saturated rings. The average Bonchev–Trinajstić information content (AvgIpc) is 2.05. The number of rotatable bonds is 3. The van der Waals surface area contributed by atoms with Gasteiger partial charge in [0, 0.05) is 0 Å². The summed E-state index contributed by atoms with van der Waals surface area (Å²) in [5, 5.41) is 0. The molecule has 0 heterocycles. The van der Waals surface area contributed by atoms with E-state index in [1.165, 1.54) is 11.1 Å². The highest BCUT2D eigenvalue weighted by Gasteiger charge is 1.96. The maximum Gasteiger partial charge on any atom is 0.0716 e. The highest BCUT2D eigenvalue weighted by molar-refractivity contribution is 6.08. The molecule has 0 saturated heterocycles. The van der Waals surface area contributed by atoms with Crippen molar-refractivity contribution >= 4 is 7.85 Å². The molecule has 0 nitrogen and oxygen atoms in total. The lowest BCUT2D eigenvalue weighted by Gasteiger charge is -2.05. The van der Waals surface area contributed by atoms with E-state index in [2.05, 4.69) is 38.1 Å². The fourth-order valence-electron chi connectivity index (χ4n) is 1.28. The summed E-state index contributed by atoms with van der Waals surface area (Å²) >= 11 is 0. The molecule has 1 rings (SSSR count). The molecule has 0 saturated carbocycles. The van der Waals surface area contributed by atoms with Crippen molar-refractivity contribution in [3.05, 3.63) is 35.4 Å². The van der Waals surface area contributed by atoms with Crippen LogP contribution in [0, 0.1) is 5.92 Å². The Morgan fingerprint density at radius 1 is 1.08 bits per heavy atom. The van der Waals surface area contributed by atoms with Gasteiger partial charge >= 0.3 is 0 Å². The van der Waals surface area contributed by atoms with E-state index in [-0.39, 0.29) is 0 Å². The molecule has 2 radical (unpaired) electrons. The molecule has 1 aromatic rings. The molecule has 0 N–H and O–H groups in total. The molecule has 1 aromatic carbocycles. The number of hydrogen-bond acceptors (Lipinski definition) is 0. The standard InChI is InChI=1S/C11H15B/c1-9(2)7-10-3-5-11(8-12)6-4-10/h3-6,9H,7-8H2,1-2H3. The maximum absolute atomic E-state index is 5.50. The van der Waals surface area contributed by atoms with Gasteiger partial charge in [-0.15, -0.1) is 0 Å². The smallest absolute Gasteiger partial charge is 0.0643 e. The third-order valence-corrected chi connectivity index (χ3v) is 1.90. The first kappa shape index (κ1) is 9.37. The van der Waals surface area contributed by atoms with Crippen molar-refractivity contribution < 1.29 is 0 Å². The van der Waals surface area contributed by atoms with Gasteiger partial charge in [0.15, 0.2) is 0 Å². The monoisotopic (exact) mass is 158 g/mol. The zero-order valence-corrected chi connectivity index (χ0v) is 7.88. The van der Waals surface area contributed by atoms with Gasteiger partial charge in [0.05, 0.1) is 7.85 Å². The Hall–Kier alpha value is -0.715. The van der Waals surface area contributed by atoms with Gasteiger partial charge in [-0.25, -0.2) is 0 Å². The van der Waals surface area contributed by atoms with E-state index >= 15 is 0 Å². The van der Waals surface area contributed by atoms with Crippen molar-refractivity contribution in [2.75, 3.05) is 0 Å². The van der Waals surface area contributed by atoms with Crippen LogP contribution in [0.4, 0.5) is 0 Å².